The summed E-state index contributed by atoms with van der Waals surface area (Å²) in [5.41, 5.74) is 0. The van der Waals surface area contributed by atoms with Gasteiger partial charge in [-0.3, -0.25) is 14.4 Å². The molecule has 458 valence electrons. The van der Waals surface area contributed by atoms with Crippen LogP contribution in [0.1, 0.15) is 355 Å². The molecule has 0 rings (SSSR count). The van der Waals surface area contributed by atoms with Gasteiger partial charge in [-0.2, -0.15) is 0 Å². The van der Waals surface area contributed by atoms with Crippen LogP contribution in [-0.2, 0) is 28.6 Å². The van der Waals surface area contributed by atoms with Gasteiger partial charge in [0.25, 0.3) is 0 Å². The van der Waals surface area contributed by atoms with E-state index in [2.05, 4.69) is 87.6 Å². The largest absolute Gasteiger partial charge is 0.462 e. The molecule has 0 aliphatic carbocycles. The molecule has 0 aromatic carbocycles. The summed E-state index contributed by atoms with van der Waals surface area (Å²) in [6, 6.07) is 0. The first-order chi connectivity index (χ1) is 39.0. The molecule has 0 radical (unpaired) electrons. The minimum absolute atomic E-state index is 0.101. The van der Waals surface area contributed by atoms with Crippen LogP contribution in [-0.4, -0.2) is 37.2 Å². The van der Waals surface area contributed by atoms with Gasteiger partial charge in [0.1, 0.15) is 13.2 Å². The number of esters is 3. The Labute approximate surface area is 491 Å². The van der Waals surface area contributed by atoms with E-state index in [0.29, 0.717) is 19.3 Å². The standard InChI is InChI=1S/C73H130O6/c1-4-7-10-13-16-19-22-25-27-28-29-30-31-32-33-34-35-36-37-38-39-40-41-42-43-44-46-48-51-54-57-60-63-66-72(75)78-69-70(68-77-71(74)65-62-59-56-53-50-47-24-21-18-15-12-9-6-3)79-73(76)67-64-61-58-55-52-49-45-26-23-20-17-14-11-8-5-2/h9,12,17-18,20-21,26,45,47,50,56,59,70H,4-8,10-11,13-16,19,22-25,27-44,46,48-49,51-55,57-58,60-69H2,1-3H3/b12-9-,20-17-,21-18-,45-26-,50-47-,59-56-. The highest BCUT2D eigenvalue weighted by atomic mass is 16.6. The number of carbonyl (C=O) groups excluding carboxylic acids is 3. The Bertz CT molecular complexity index is 1450. The second-order valence-electron chi connectivity index (χ2n) is 23.1. The van der Waals surface area contributed by atoms with Gasteiger partial charge in [-0.05, 0) is 77.0 Å². The van der Waals surface area contributed by atoms with Gasteiger partial charge in [0, 0.05) is 19.3 Å². The van der Waals surface area contributed by atoms with E-state index in [0.717, 1.165) is 89.9 Å². The molecule has 0 spiro atoms. The third kappa shape index (κ3) is 65.5. The average Bonchev–Trinajstić information content (AvgIpc) is 3.45. The Morgan fingerprint density at radius 1 is 0.266 bits per heavy atom. The van der Waals surface area contributed by atoms with Gasteiger partial charge < -0.3 is 14.2 Å². The predicted octanol–water partition coefficient (Wildman–Crippen LogP) is 23.7. The number of rotatable bonds is 63. The van der Waals surface area contributed by atoms with Crippen molar-refractivity contribution < 1.29 is 28.6 Å². The lowest BCUT2D eigenvalue weighted by atomic mass is 10.0. The Morgan fingerprint density at radius 3 is 0.873 bits per heavy atom. The molecule has 6 heteroatoms. The van der Waals surface area contributed by atoms with Crippen molar-refractivity contribution in [1.29, 1.82) is 0 Å². The summed E-state index contributed by atoms with van der Waals surface area (Å²) in [5, 5.41) is 0. The second-order valence-corrected chi connectivity index (χ2v) is 23.1. The molecule has 0 N–H and O–H groups in total. The van der Waals surface area contributed by atoms with Gasteiger partial charge in [0.05, 0.1) is 0 Å². The van der Waals surface area contributed by atoms with Gasteiger partial charge in [0.15, 0.2) is 6.10 Å². The van der Waals surface area contributed by atoms with E-state index in [1.54, 1.807) is 0 Å². The number of carbonyl (C=O) groups is 3. The van der Waals surface area contributed by atoms with Crippen molar-refractivity contribution in [2.24, 2.45) is 0 Å². The summed E-state index contributed by atoms with van der Waals surface area (Å²) in [4.78, 5) is 38.2. The van der Waals surface area contributed by atoms with Crippen molar-refractivity contribution in [3.63, 3.8) is 0 Å². The minimum Gasteiger partial charge on any atom is -0.462 e. The molecule has 79 heavy (non-hydrogen) atoms. The van der Waals surface area contributed by atoms with Crippen LogP contribution in [0.4, 0.5) is 0 Å². The number of hydrogen-bond donors (Lipinski definition) is 0. The van der Waals surface area contributed by atoms with Crippen molar-refractivity contribution in [2.45, 2.75) is 361 Å². The Balaban J connectivity index is 4.13. The van der Waals surface area contributed by atoms with Crippen molar-refractivity contribution in [3.05, 3.63) is 72.9 Å². The Kier molecular flexibility index (Phi) is 64.7. The maximum atomic E-state index is 12.9. The van der Waals surface area contributed by atoms with Crippen LogP contribution >= 0.6 is 0 Å². The third-order valence-corrected chi connectivity index (χ3v) is 15.2. The third-order valence-electron chi connectivity index (χ3n) is 15.2. The van der Waals surface area contributed by atoms with Gasteiger partial charge in [-0.1, -0.05) is 331 Å². The van der Waals surface area contributed by atoms with Gasteiger partial charge >= 0.3 is 17.9 Å². The van der Waals surface area contributed by atoms with Crippen LogP contribution < -0.4 is 0 Å². The van der Waals surface area contributed by atoms with Crippen LogP contribution in [0.3, 0.4) is 0 Å². The molecule has 0 fully saturated rings. The molecule has 0 aliphatic heterocycles. The summed E-state index contributed by atoms with van der Waals surface area (Å²) in [7, 11) is 0. The van der Waals surface area contributed by atoms with Crippen LogP contribution in [0.25, 0.3) is 0 Å². The predicted molar refractivity (Wildman–Crippen MR) is 344 cm³/mol. The number of hydrogen-bond acceptors (Lipinski definition) is 6. The zero-order chi connectivity index (χ0) is 57.1. The molecule has 0 aliphatic rings. The molecule has 0 bridgehead atoms. The Morgan fingerprint density at radius 2 is 0.519 bits per heavy atom. The van der Waals surface area contributed by atoms with E-state index in [1.807, 2.05) is 6.08 Å². The van der Waals surface area contributed by atoms with Crippen LogP contribution in [0.2, 0.25) is 0 Å². The average molecular weight is 1100 g/mol. The fourth-order valence-corrected chi connectivity index (χ4v) is 10.1. The lowest BCUT2D eigenvalue weighted by molar-refractivity contribution is -0.166. The zero-order valence-electron chi connectivity index (χ0n) is 52.6. The van der Waals surface area contributed by atoms with Crippen molar-refractivity contribution in [3.8, 4) is 0 Å². The molecular weight excluding hydrogens is 973 g/mol. The first kappa shape index (κ1) is 75.8. The fraction of sp³-hybridized carbons (Fsp3) is 0.795. The highest BCUT2D eigenvalue weighted by Gasteiger charge is 2.19. The first-order valence-electron chi connectivity index (χ1n) is 34.4. The van der Waals surface area contributed by atoms with Gasteiger partial charge in [-0.15, -0.1) is 0 Å². The molecule has 1 atom stereocenters. The highest BCUT2D eigenvalue weighted by Crippen LogP contribution is 2.18. The van der Waals surface area contributed by atoms with E-state index >= 15 is 0 Å². The van der Waals surface area contributed by atoms with Crippen LogP contribution in [0.5, 0.6) is 0 Å². The SMILES string of the molecule is CC/C=C\C/C=C\C/C=C\C/C=C\CCC(=O)OCC(COC(=O)CCCCCCCCCCCCCCCCCCCCCCCCCCCCCCCCCCC)OC(=O)CCCCCCC/C=C\C/C=C\CCCCC. The maximum absolute atomic E-state index is 12.9. The smallest absolute Gasteiger partial charge is 0.306 e. The van der Waals surface area contributed by atoms with Crippen molar-refractivity contribution >= 4 is 17.9 Å². The molecule has 0 heterocycles. The highest BCUT2D eigenvalue weighted by molar-refractivity contribution is 5.71. The molecular formula is C73H130O6. The lowest BCUT2D eigenvalue weighted by Crippen LogP contribution is -2.30. The normalized spacial score (nSPS) is 12.5. The summed E-state index contributed by atoms with van der Waals surface area (Å²) in [5.74, 6) is -0.986. The van der Waals surface area contributed by atoms with Gasteiger partial charge in [-0.25, -0.2) is 0 Å². The molecule has 0 saturated carbocycles. The summed E-state index contributed by atoms with van der Waals surface area (Å²) >= 11 is 0. The lowest BCUT2D eigenvalue weighted by Gasteiger charge is -2.18. The molecule has 0 amide bonds. The first-order valence-corrected chi connectivity index (χ1v) is 34.4. The van der Waals surface area contributed by atoms with Crippen LogP contribution in [0, 0.1) is 0 Å². The molecule has 6 nitrogen and oxygen atoms in total. The molecule has 1 unspecified atom stereocenters. The minimum atomic E-state index is -0.811. The summed E-state index contributed by atoms with van der Waals surface area (Å²) in [6.45, 7) is 6.46. The second kappa shape index (κ2) is 67.4. The topological polar surface area (TPSA) is 78.9 Å². The van der Waals surface area contributed by atoms with Gasteiger partial charge in [0.2, 0.25) is 0 Å². The number of ether oxygens (including phenoxy) is 3. The van der Waals surface area contributed by atoms with E-state index in [1.165, 1.54) is 218 Å². The zero-order valence-corrected chi connectivity index (χ0v) is 52.6. The summed E-state index contributed by atoms with van der Waals surface area (Å²) in [6.07, 6.45) is 88.3. The monoisotopic (exact) mass is 1100 g/mol. The molecule has 0 aromatic rings. The van der Waals surface area contributed by atoms with E-state index in [9.17, 15) is 14.4 Å². The number of unbranched alkanes of at least 4 members (excludes halogenated alkanes) is 40. The van der Waals surface area contributed by atoms with E-state index in [-0.39, 0.29) is 37.5 Å². The fourth-order valence-electron chi connectivity index (χ4n) is 10.1. The van der Waals surface area contributed by atoms with Crippen molar-refractivity contribution in [1.82, 2.24) is 0 Å². The molecule has 0 saturated heterocycles. The van der Waals surface area contributed by atoms with E-state index in [4.69, 9.17) is 14.2 Å². The quantitative estimate of drug-likeness (QED) is 0.0261. The Hall–Kier alpha value is -3.15. The van der Waals surface area contributed by atoms with Crippen LogP contribution in [0.15, 0.2) is 72.9 Å². The maximum Gasteiger partial charge on any atom is 0.306 e. The van der Waals surface area contributed by atoms with Crippen molar-refractivity contribution in [2.75, 3.05) is 13.2 Å². The van der Waals surface area contributed by atoms with E-state index < -0.39 is 6.10 Å². The number of allylic oxidation sites excluding steroid dienone is 12. The molecule has 0 aromatic heterocycles. The summed E-state index contributed by atoms with van der Waals surface area (Å²) < 4.78 is 16.8.